The molecule has 4 heteroatoms. The van der Waals surface area contributed by atoms with E-state index in [1.54, 1.807) is 0 Å². The summed E-state index contributed by atoms with van der Waals surface area (Å²) < 4.78 is 1.94. The molecule has 0 radical (unpaired) electrons. The molecule has 0 bridgehead atoms. The molecule has 1 rings (SSSR count). The Hall–Kier alpha value is -0.900. The fraction of sp³-hybridized carbons (Fsp3) is 0.846. The van der Waals surface area contributed by atoms with Gasteiger partial charge >= 0.3 is 0 Å². The van der Waals surface area contributed by atoms with Crippen LogP contribution in [0.25, 0.3) is 0 Å². The second-order valence-electron chi connectivity index (χ2n) is 6.31. The molecule has 1 aromatic rings. The first-order chi connectivity index (χ1) is 7.87. The molecule has 4 nitrogen and oxygen atoms in total. The Labute approximate surface area is 105 Å². The highest BCUT2D eigenvalue weighted by Crippen LogP contribution is 2.18. The van der Waals surface area contributed by atoms with E-state index in [9.17, 15) is 0 Å². The molecule has 0 saturated heterocycles. The topological polar surface area (TPSA) is 42.7 Å². The number of rotatable bonds is 6. The van der Waals surface area contributed by atoms with Crippen molar-refractivity contribution in [3.63, 3.8) is 0 Å². The van der Waals surface area contributed by atoms with E-state index in [1.165, 1.54) is 0 Å². The summed E-state index contributed by atoms with van der Waals surface area (Å²) in [6, 6.07) is 0. The Bertz CT molecular complexity index is 322. The molecular weight excluding hydrogens is 212 g/mol. The molecule has 1 N–H and O–H groups in total. The number of aryl methyl sites for hydroxylation is 1. The van der Waals surface area contributed by atoms with Crippen molar-refractivity contribution in [3.8, 4) is 0 Å². The molecule has 98 valence electrons. The van der Waals surface area contributed by atoms with Crippen LogP contribution >= 0.6 is 0 Å². The van der Waals surface area contributed by atoms with Crippen LogP contribution in [0.15, 0.2) is 6.20 Å². The van der Waals surface area contributed by atoms with E-state index < -0.39 is 0 Å². The van der Waals surface area contributed by atoms with Crippen molar-refractivity contribution >= 4 is 0 Å². The molecule has 0 aromatic carbocycles. The molecule has 1 aromatic heterocycles. The number of nitrogens with zero attached hydrogens (tertiary/aromatic N) is 3. The summed E-state index contributed by atoms with van der Waals surface area (Å²) in [4.78, 5) is 0. The quantitative estimate of drug-likeness (QED) is 0.828. The Morgan fingerprint density at radius 1 is 1.35 bits per heavy atom. The molecule has 0 saturated carbocycles. The summed E-state index contributed by atoms with van der Waals surface area (Å²) in [5.74, 6) is 0.672. The van der Waals surface area contributed by atoms with Crippen molar-refractivity contribution in [3.05, 3.63) is 11.9 Å². The van der Waals surface area contributed by atoms with E-state index in [4.69, 9.17) is 0 Å². The standard InChI is InChI=1S/C13H26N4/c1-11(2)8-14-9-12-10-17(16-15-12)7-6-13(3,4)5/h10-11,14H,6-9H2,1-5H3. The van der Waals surface area contributed by atoms with Gasteiger partial charge < -0.3 is 5.32 Å². The summed E-state index contributed by atoms with van der Waals surface area (Å²) in [5.41, 5.74) is 1.38. The van der Waals surface area contributed by atoms with Gasteiger partial charge in [-0.05, 0) is 24.3 Å². The van der Waals surface area contributed by atoms with Crippen LogP contribution in [0.2, 0.25) is 0 Å². The van der Waals surface area contributed by atoms with E-state index in [2.05, 4.69) is 50.2 Å². The average molecular weight is 238 g/mol. The zero-order valence-corrected chi connectivity index (χ0v) is 11.8. The van der Waals surface area contributed by atoms with Crippen molar-refractivity contribution < 1.29 is 0 Å². The number of nitrogens with one attached hydrogen (secondary N) is 1. The molecular formula is C13H26N4. The Balaban J connectivity index is 2.32. The minimum Gasteiger partial charge on any atom is -0.311 e. The van der Waals surface area contributed by atoms with Crippen molar-refractivity contribution in [1.82, 2.24) is 20.3 Å². The highest BCUT2D eigenvalue weighted by Gasteiger charge is 2.10. The zero-order chi connectivity index (χ0) is 12.9. The van der Waals surface area contributed by atoms with Crippen LogP contribution in [0, 0.1) is 11.3 Å². The van der Waals surface area contributed by atoms with Crippen molar-refractivity contribution in [2.75, 3.05) is 6.54 Å². The molecule has 0 fully saturated rings. The molecule has 17 heavy (non-hydrogen) atoms. The molecule has 1 heterocycles. The molecule has 0 unspecified atom stereocenters. The third-order valence-corrected chi connectivity index (χ3v) is 2.54. The first-order valence-electron chi connectivity index (χ1n) is 6.46. The molecule has 0 aliphatic rings. The predicted molar refractivity (Wildman–Crippen MR) is 70.6 cm³/mol. The Kier molecular flexibility index (Phi) is 5.12. The highest BCUT2D eigenvalue weighted by atomic mass is 15.4. The lowest BCUT2D eigenvalue weighted by Gasteiger charge is -2.17. The highest BCUT2D eigenvalue weighted by molar-refractivity contribution is 4.91. The van der Waals surface area contributed by atoms with Gasteiger partial charge in [-0.25, -0.2) is 0 Å². The van der Waals surface area contributed by atoms with Crippen molar-refractivity contribution in [1.29, 1.82) is 0 Å². The summed E-state index contributed by atoms with van der Waals surface area (Å²) in [7, 11) is 0. The van der Waals surface area contributed by atoms with Gasteiger partial charge in [-0.2, -0.15) is 0 Å². The van der Waals surface area contributed by atoms with Gasteiger partial charge in [0, 0.05) is 19.3 Å². The van der Waals surface area contributed by atoms with E-state index >= 15 is 0 Å². The van der Waals surface area contributed by atoms with Gasteiger partial charge in [0.05, 0.1) is 5.69 Å². The van der Waals surface area contributed by atoms with Gasteiger partial charge in [-0.3, -0.25) is 4.68 Å². The average Bonchev–Trinajstić information content (AvgIpc) is 2.61. The second-order valence-corrected chi connectivity index (χ2v) is 6.31. The molecule has 0 aliphatic carbocycles. The zero-order valence-electron chi connectivity index (χ0n) is 11.8. The second kappa shape index (κ2) is 6.15. The normalized spacial score (nSPS) is 12.4. The fourth-order valence-corrected chi connectivity index (χ4v) is 1.47. The van der Waals surface area contributed by atoms with Crippen LogP contribution < -0.4 is 5.32 Å². The van der Waals surface area contributed by atoms with Gasteiger partial charge in [0.15, 0.2) is 0 Å². The van der Waals surface area contributed by atoms with Crippen LogP contribution in [0.1, 0.15) is 46.7 Å². The third-order valence-electron chi connectivity index (χ3n) is 2.54. The maximum atomic E-state index is 4.16. The van der Waals surface area contributed by atoms with Gasteiger partial charge in [0.2, 0.25) is 0 Å². The van der Waals surface area contributed by atoms with Crippen LogP contribution in [0.4, 0.5) is 0 Å². The molecule has 0 amide bonds. The fourth-order valence-electron chi connectivity index (χ4n) is 1.47. The lowest BCUT2D eigenvalue weighted by atomic mass is 9.92. The van der Waals surface area contributed by atoms with E-state index in [0.717, 1.165) is 31.7 Å². The SMILES string of the molecule is CC(C)CNCc1cn(CCC(C)(C)C)nn1. The molecule has 0 spiro atoms. The number of hydrogen-bond donors (Lipinski definition) is 1. The van der Waals surface area contributed by atoms with E-state index in [-0.39, 0.29) is 0 Å². The third kappa shape index (κ3) is 6.41. The smallest absolute Gasteiger partial charge is 0.0964 e. The summed E-state index contributed by atoms with van der Waals surface area (Å²) >= 11 is 0. The van der Waals surface area contributed by atoms with Crippen LogP contribution in [0.3, 0.4) is 0 Å². The summed E-state index contributed by atoms with van der Waals surface area (Å²) in [6.45, 7) is 13.9. The first-order valence-corrected chi connectivity index (χ1v) is 6.46. The van der Waals surface area contributed by atoms with Gasteiger partial charge in [0.25, 0.3) is 0 Å². The van der Waals surface area contributed by atoms with Gasteiger partial charge in [-0.1, -0.05) is 39.8 Å². The monoisotopic (exact) mass is 238 g/mol. The van der Waals surface area contributed by atoms with Gasteiger partial charge in [0.1, 0.15) is 0 Å². The van der Waals surface area contributed by atoms with Crippen LogP contribution in [-0.2, 0) is 13.1 Å². The van der Waals surface area contributed by atoms with Crippen LogP contribution in [-0.4, -0.2) is 21.5 Å². The van der Waals surface area contributed by atoms with Gasteiger partial charge in [-0.15, -0.1) is 5.10 Å². The van der Waals surface area contributed by atoms with Crippen molar-refractivity contribution in [2.24, 2.45) is 11.3 Å². The largest absolute Gasteiger partial charge is 0.311 e. The number of aromatic nitrogens is 3. The molecule has 0 atom stereocenters. The maximum absolute atomic E-state index is 4.16. The van der Waals surface area contributed by atoms with E-state index in [0.29, 0.717) is 11.3 Å². The lowest BCUT2D eigenvalue weighted by Crippen LogP contribution is -2.19. The predicted octanol–water partition coefficient (Wildman–Crippen LogP) is 2.46. The summed E-state index contributed by atoms with van der Waals surface area (Å²) in [5, 5.41) is 11.7. The Morgan fingerprint density at radius 2 is 2.06 bits per heavy atom. The maximum Gasteiger partial charge on any atom is 0.0964 e. The lowest BCUT2D eigenvalue weighted by molar-refractivity contribution is 0.339. The van der Waals surface area contributed by atoms with Crippen LogP contribution in [0.5, 0.6) is 0 Å². The Morgan fingerprint density at radius 3 is 2.65 bits per heavy atom. The van der Waals surface area contributed by atoms with Crippen molar-refractivity contribution in [2.45, 2.75) is 54.1 Å². The minimum absolute atomic E-state index is 0.349. The molecule has 0 aliphatic heterocycles. The first kappa shape index (κ1) is 14.2. The van der Waals surface area contributed by atoms with E-state index in [1.807, 2.05) is 10.9 Å². The summed E-state index contributed by atoms with van der Waals surface area (Å²) in [6.07, 6.45) is 3.16. The minimum atomic E-state index is 0.349. The number of hydrogen-bond acceptors (Lipinski definition) is 3.